The molecule has 1 N–H and O–H groups in total. The third kappa shape index (κ3) is 3.77. The van der Waals surface area contributed by atoms with Gasteiger partial charge in [-0.2, -0.15) is 0 Å². The van der Waals surface area contributed by atoms with Crippen molar-refractivity contribution in [2.45, 2.75) is 6.92 Å². The van der Waals surface area contributed by atoms with Crippen molar-refractivity contribution in [1.29, 1.82) is 0 Å². The van der Waals surface area contributed by atoms with E-state index in [2.05, 4.69) is 85.8 Å². The fraction of sp³-hybridized carbons (Fsp3) is 0.0263. The molecule has 0 amide bonds. The van der Waals surface area contributed by atoms with E-state index in [-0.39, 0.29) is 0 Å². The molecule has 0 saturated heterocycles. The van der Waals surface area contributed by atoms with Gasteiger partial charge >= 0.3 is 5.97 Å². The maximum Gasteiger partial charge on any atom is 0.336 e. The highest BCUT2D eigenvalue weighted by Crippen LogP contribution is 2.46. The smallest absolute Gasteiger partial charge is 0.336 e. The number of carboxylic acid groups (broad SMARTS) is 1. The molecular weight excluding hydrogens is 488 g/mol. The Labute approximate surface area is 232 Å². The fourth-order valence-corrected chi connectivity index (χ4v) is 6.19. The van der Waals surface area contributed by atoms with Crippen molar-refractivity contribution in [2.24, 2.45) is 0 Å². The summed E-state index contributed by atoms with van der Waals surface area (Å²) < 4.78 is 0. The van der Waals surface area contributed by atoms with Gasteiger partial charge in [0, 0.05) is 5.56 Å². The van der Waals surface area contributed by atoms with Crippen LogP contribution in [-0.2, 0) is 0 Å². The summed E-state index contributed by atoms with van der Waals surface area (Å²) in [6.45, 7) is 2.13. The van der Waals surface area contributed by atoms with Crippen LogP contribution in [0.2, 0.25) is 0 Å². The van der Waals surface area contributed by atoms with Crippen LogP contribution in [0.1, 0.15) is 15.9 Å². The molecule has 40 heavy (non-hydrogen) atoms. The second-order valence-corrected chi connectivity index (χ2v) is 10.2. The summed E-state index contributed by atoms with van der Waals surface area (Å²) in [7, 11) is 0. The minimum absolute atomic E-state index is 0.299. The molecule has 0 aliphatic rings. The topological polar surface area (TPSA) is 37.3 Å². The highest BCUT2D eigenvalue weighted by Gasteiger charge is 2.25. The van der Waals surface area contributed by atoms with E-state index < -0.39 is 5.97 Å². The summed E-state index contributed by atoms with van der Waals surface area (Å²) in [5, 5.41) is 17.3. The van der Waals surface area contributed by atoms with Gasteiger partial charge in [-0.25, -0.2) is 4.79 Å². The van der Waals surface area contributed by atoms with Crippen molar-refractivity contribution < 1.29 is 9.90 Å². The molecule has 190 valence electrons. The molecule has 7 aromatic carbocycles. The van der Waals surface area contributed by atoms with Crippen LogP contribution in [-0.4, -0.2) is 11.1 Å². The second-order valence-electron chi connectivity index (χ2n) is 10.2. The van der Waals surface area contributed by atoms with Gasteiger partial charge < -0.3 is 5.11 Å². The zero-order chi connectivity index (χ0) is 27.2. The molecule has 0 saturated carbocycles. The second kappa shape index (κ2) is 9.52. The van der Waals surface area contributed by atoms with E-state index >= 15 is 0 Å². The first kappa shape index (κ1) is 23.9. The number of benzene rings is 7. The van der Waals surface area contributed by atoms with Crippen molar-refractivity contribution in [3.8, 4) is 33.4 Å². The molecule has 0 heterocycles. The molecule has 0 aliphatic heterocycles. The number of fused-ring (bicyclic) bond motifs is 3. The van der Waals surface area contributed by atoms with Crippen LogP contribution >= 0.6 is 0 Å². The van der Waals surface area contributed by atoms with E-state index in [0.717, 1.165) is 71.3 Å². The molecule has 2 heteroatoms. The Morgan fingerprint density at radius 1 is 0.475 bits per heavy atom. The number of hydrogen-bond donors (Lipinski definition) is 1. The van der Waals surface area contributed by atoms with Crippen molar-refractivity contribution in [3.05, 3.63) is 145 Å². The minimum atomic E-state index is -0.939. The van der Waals surface area contributed by atoms with Gasteiger partial charge in [-0.3, -0.25) is 0 Å². The van der Waals surface area contributed by atoms with Crippen molar-refractivity contribution in [2.75, 3.05) is 0 Å². The van der Waals surface area contributed by atoms with Gasteiger partial charge in [-0.15, -0.1) is 0 Å². The Morgan fingerprint density at radius 3 is 1.38 bits per heavy atom. The Bertz CT molecular complexity index is 2090. The predicted molar refractivity (Wildman–Crippen MR) is 167 cm³/mol. The first-order valence-corrected chi connectivity index (χ1v) is 13.5. The predicted octanol–water partition coefficient (Wildman–Crippen LogP) is 10.2. The monoisotopic (exact) mass is 514 g/mol. The van der Waals surface area contributed by atoms with Gasteiger partial charge in [-0.05, 0) is 78.7 Å². The van der Waals surface area contributed by atoms with Crippen LogP contribution in [0.15, 0.2) is 133 Å². The van der Waals surface area contributed by atoms with Gasteiger partial charge in [0.1, 0.15) is 0 Å². The van der Waals surface area contributed by atoms with E-state index in [9.17, 15) is 9.90 Å². The number of carboxylic acids is 1. The van der Waals surface area contributed by atoms with Crippen LogP contribution in [0.5, 0.6) is 0 Å². The first-order chi connectivity index (χ1) is 19.6. The summed E-state index contributed by atoms with van der Waals surface area (Å²) in [6.07, 6.45) is 0. The summed E-state index contributed by atoms with van der Waals surface area (Å²) >= 11 is 0. The first-order valence-electron chi connectivity index (χ1n) is 13.5. The molecule has 0 unspecified atom stereocenters. The molecule has 7 rings (SSSR count). The lowest BCUT2D eigenvalue weighted by atomic mass is 9.80. The maximum atomic E-state index is 13.1. The lowest BCUT2D eigenvalue weighted by molar-refractivity contribution is 0.0698. The van der Waals surface area contributed by atoms with E-state index in [1.165, 1.54) is 0 Å². The highest BCUT2D eigenvalue weighted by molar-refractivity contribution is 6.13. The molecular formula is C38H26O2. The average Bonchev–Trinajstić information content (AvgIpc) is 3.00. The van der Waals surface area contributed by atoms with Crippen molar-refractivity contribution in [1.82, 2.24) is 0 Å². The Kier molecular flexibility index (Phi) is 5.68. The molecule has 0 aliphatic carbocycles. The van der Waals surface area contributed by atoms with Crippen LogP contribution in [0, 0.1) is 6.92 Å². The quantitative estimate of drug-likeness (QED) is 0.254. The normalized spacial score (nSPS) is 11.3. The third-order valence-electron chi connectivity index (χ3n) is 8.02. The summed E-state index contributed by atoms with van der Waals surface area (Å²) in [5.74, 6) is -0.939. The van der Waals surface area contributed by atoms with Gasteiger partial charge in [0.05, 0.1) is 5.56 Å². The highest BCUT2D eigenvalue weighted by atomic mass is 16.4. The van der Waals surface area contributed by atoms with Crippen LogP contribution in [0.3, 0.4) is 0 Å². The number of aromatic carboxylic acids is 1. The number of rotatable bonds is 4. The molecule has 0 radical (unpaired) electrons. The molecule has 0 fully saturated rings. The maximum absolute atomic E-state index is 13.1. The fourth-order valence-electron chi connectivity index (χ4n) is 6.19. The molecule has 0 atom stereocenters. The largest absolute Gasteiger partial charge is 0.478 e. The average molecular weight is 515 g/mol. The summed E-state index contributed by atoms with van der Waals surface area (Å²) in [4.78, 5) is 13.1. The lowest BCUT2D eigenvalue weighted by Crippen LogP contribution is -2.05. The van der Waals surface area contributed by atoms with Crippen LogP contribution < -0.4 is 0 Å². The van der Waals surface area contributed by atoms with Crippen LogP contribution in [0.4, 0.5) is 0 Å². The Balaban J connectivity index is 1.69. The summed E-state index contributed by atoms with van der Waals surface area (Å²) in [6, 6.07) is 45.4. The SMILES string of the molecule is Cc1c(-c2cccc3ccccc23)cc(C(=O)O)c(-c2cccc3ccccc23)c1-c1cccc2ccccc12. The minimum Gasteiger partial charge on any atom is -0.478 e. The van der Waals surface area contributed by atoms with Gasteiger partial charge in [0.15, 0.2) is 0 Å². The number of carbonyl (C=O) groups is 1. The van der Waals surface area contributed by atoms with Crippen molar-refractivity contribution >= 4 is 38.3 Å². The lowest BCUT2D eigenvalue weighted by Gasteiger charge is -2.23. The van der Waals surface area contributed by atoms with E-state index in [1.54, 1.807) is 0 Å². The standard InChI is InChI=1S/C38H26O2/c1-24-34(31-20-8-14-25-11-2-5-17-28(25)31)23-35(38(39)40)37(33-22-10-16-27-13-4-7-19-30(27)33)36(24)32-21-9-15-26-12-3-6-18-29(26)32/h2-23H,1H3,(H,39,40). The molecule has 2 nitrogen and oxygen atoms in total. The van der Waals surface area contributed by atoms with E-state index in [1.807, 2.05) is 54.6 Å². The van der Waals surface area contributed by atoms with Crippen molar-refractivity contribution in [3.63, 3.8) is 0 Å². The number of hydrogen-bond acceptors (Lipinski definition) is 1. The van der Waals surface area contributed by atoms with Gasteiger partial charge in [0.25, 0.3) is 0 Å². The Hall–Kier alpha value is -5.21. The summed E-state index contributed by atoms with van der Waals surface area (Å²) in [5.41, 5.74) is 6.98. The van der Waals surface area contributed by atoms with Gasteiger partial charge in [-0.1, -0.05) is 127 Å². The molecule has 0 aromatic heterocycles. The van der Waals surface area contributed by atoms with E-state index in [0.29, 0.717) is 5.56 Å². The zero-order valence-electron chi connectivity index (χ0n) is 22.1. The molecule has 0 spiro atoms. The molecule has 7 aromatic rings. The molecule has 0 bridgehead atoms. The zero-order valence-corrected chi connectivity index (χ0v) is 22.1. The van der Waals surface area contributed by atoms with Gasteiger partial charge in [0.2, 0.25) is 0 Å². The van der Waals surface area contributed by atoms with Crippen LogP contribution in [0.25, 0.3) is 65.7 Å². The Morgan fingerprint density at radius 2 is 0.875 bits per heavy atom. The third-order valence-corrected chi connectivity index (χ3v) is 8.02. The van der Waals surface area contributed by atoms with E-state index in [4.69, 9.17) is 0 Å².